The van der Waals surface area contributed by atoms with Crippen LogP contribution < -0.4 is 4.74 Å². The van der Waals surface area contributed by atoms with E-state index >= 15 is 0 Å². The molecule has 0 radical (unpaired) electrons. The molecule has 0 unspecified atom stereocenters. The van der Waals surface area contributed by atoms with Gasteiger partial charge in [-0.05, 0) is 36.4 Å². The monoisotopic (exact) mass is 462 g/mol. The molecule has 11 heteroatoms. The van der Waals surface area contributed by atoms with E-state index in [1.54, 1.807) is 0 Å². The molecule has 1 saturated heterocycles. The topological polar surface area (TPSA) is 66.9 Å². The van der Waals surface area contributed by atoms with E-state index in [0.29, 0.717) is 6.07 Å². The van der Waals surface area contributed by atoms with E-state index in [0.717, 1.165) is 22.5 Å². The van der Waals surface area contributed by atoms with Gasteiger partial charge in [-0.1, -0.05) is 11.6 Å². The largest absolute Gasteiger partial charge is 0.491 e. The minimum atomic E-state index is -3.99. The molecule has 30 heavy (non-hydrogen) atoms. The second kappa shape index (κ2) is 9.23. The van der Waals surface area contributed by atoms with Crippen LogP contribution in [-0.4, -0.2) is 56.3 Å². The summed E-state index contributed by atoms with van der Waals surface area (Å²) in [6.45, 7) is 0.380. The second-order valence-corrected chi connectivity index (χ2v) is 8.88. The number of nitrogens with zero attached hydrogens (tertiary/aromatic N) is 2. The zero-order valence-electron chi connectivity index (χ0n) is 15.7. The van der Waals surface area contributed by atoms with E-state index < -0.39 is 27.5 Å². The Bertz CT molecular complexity index is 1040. The molecule has 162 valence electrons. The summed E-state index contributed by atoms with van der Waals surface area (Å²) in [6, 6.07) is 6.06. The Morgan fingerprint density at radius 3 is 2.33 bits per heavy atom. The van der Waals surface area contributed by atoms with Gasteiger partial charge in [-0.3, -0.25) is 4.79 Å². The van der Waals surface area contributed by atoms with Crippen LogP contribution >= 0.6 is 11.6 Å². The lowest BCUT2D eigenvalue weighted by Gasteiger charge is -2.34. The van der Waals surface area contributed by atoms with Crippen molar-refractivity contribution >= 4 is 27.5 Å². The first-order chi connectivity index (χ1) is 14.2. The number of ether oxygens (including phenoxy) is 1. The van der Waals surface area contributed by atoms with Crippen molar-refractivity contribution in [3.63, 3.8) is 0 Å². The fourth-order valence-electron chi connectivity index (χ4n) is 2.96. The quantitative estimate of drug-likeness (QED) is 0.662. The predicted octanol–water partition coefficient (Wildman–Crippen LogP) is 3.06. The van der Waals surface area contributed by atoms with Gasteiger partial charge in [0, 0.05) is 26.2 Å². The van der Waals surface area contributed by atoms with Crippen molar-refractivity contribution < 1.29 is 31.1 Å². The van der Waals surface area contributed by atoms with E-state index in [1.165, 1.54) is 17.0 Å². The Kier molecular flexibility index (Phi) is 6.89. The summed E-state index contributed by atoms with van der Waals surface area (Å²) in [5.41, 5.74) is 0. The van der Waals surface area contributed by atoms with Gasteiger partial charge in [0.2, 0.25) is 15.9 Å². The zero-order valence-corrected chi connectivity index (χ0v) is 17.2. The number of hydrogen-bond acceptors (Lipinski definition) is 4. The minimum Gasteiger partial charge on any atom is -0.491 e. The highest BCUT2D eigenvalue weighted by Crippen LogP contribution is 2.25. The number of rotatable bonds is 6. The van der Waals surface area contributed by atoms with Crippen LogP contribution in [0.2, 0.25) is 5.02 Å². The van der Waals surface area contributed by atoms with Crippen molar-refractivity contribution in [1.29, 1.82) is 0 Å². The molecule has 2 aromatic rings. The molecule has 1 amide bonds. The molecule has 0 N–H and O–H groups in total. The SMILES string of the molecule is O=C(CCOc1ccc(F)cc1Cl)N1CCN(S(=O)(=O)c2ccc(F)c(F)c2)CC1. The fraction of sp³-hybridized carbons (Fsp3) is 0.316. The Labute approximate surface area is 176 Å². The Balaban J connectivity index is 1.51. The molecule has 0 saturated carbocycles. The predicted molar refractivity (Wildman–Crippen MR) is 103 cm³/mol. The van der Waals surface area contributed by atoms with Crippen LogP contribution in [-0.2, 0) is 14.8 Å². The van der Waals surface area contributed by atoms with Crippen LogP contribution in [0.25, 0.3) is 0 Å². The number of halogens is 4. The molecule has 0 atom stereocenters. The van der Waals surface area contributed by atoms with Crippen molar-refractivity contribution in [3.8, 4) is 5.75 Å². The maximum Gasteiger partial charge on any atom is 0.243 e. The summed E-state index contributed by atoms with van der Waals surface area (Å²) >= 11 is 5.85. The third-order valence-corrected chi connectivity index (χ3v) is 6.78. The number of piperazine rings is 1. The number of carbonyl (C=O) groups excluding carboxylic acids is 1. The van der Waals surface area contributed by atoms with Gasteiger partial charge in [0.15, 0.2) is 11.6 Å². The summed E-state index contributed by atoms with van der Waals surface area (Å²) < 4.78 is 71.1. The second-order valence-electron chi connectivity index (χ2n) is 6.53. The van der Waals surface area contributed by atoms with Gasteiger partial charge in [0.1, 0.15) is 11.6 Å². The molecule has 0 spiro atoms. The van der Waals surface area contributed by atoms with E-state index in [4.69, 9.17) is 16.3 Å². The van der Waals surface area contributed by atoms with Gasteiger partial charge < -0.3 is 9.64 Å². The molecule has 1 heterocycles. The van der Waals surface area contributed by atoms with Crippen LogP contribution in [0.1, 0.15) is 6.42 Å². The van der Waals surface area contributed by atoms with Crippen molar-refractivity contribution in [1.82, 2.24) is 9.21 Å². The van der Waals surface area contributed by atoms with Crippen LogP contribution in [0, 0.1) is 17.5 Å². The molecule has 0 bridgehead atoms. The van der Waals surface area contributed by atoms with Crippen LogP contribution in [0.3, 0.4) is 0 Å². The van der Waals surface area contributed by atoms with E-state index in [9.17, 15) is 26.4 Å². The highest BCUT2D eigenvalue weighted by molar-refractivity contribution is 7.89. The van der Waals surface area contributed by atoms with E-state index in [2.05, 4.69) is 0 Å². The molecule has 1 aliphatic rings. The average molecular weight is 463 g/mol. The lowest BCUT2D eigenvalue weighted by Crippen LogP contribution is -2.50. The first-order valence-electron chi connectivity index (χ1n) is 8.99. The van der Waals surface area contributed by atoms with Crippen molar-refractivity contribution in [2.75, 3.05) is 32.8 Å². The average Bonchev–Trinajstić information content (AvgIpc) is 2.71. The summed E-state index contributed by atoms with van der Waals surface area (Å²) in [5, 5.41) is 0.0958. The molecule has 2 aromatic carbocycles. The third-order valence-electron chi connectivity index (χ3n) is 4.59. The van der Waals surface area contributed by atoms with Crippen LogP contribution in [0.5, 0.6) is 5.75 Å². The molecular weight excluding hydrogens is 445 g/mol. The maximum absolute atomic E-state index is 13.4. The van der Waals surface area contributed by atoms with Gasteiger partial charge in [-0.25, -0.2) is 21.6 Å². The lowest BCUT2D eigenvalue weighted by molar-refractivity contribution is -0.132. The smallest absolute Gasteiger partial charge is 0.243 e. The maximum atomic E-state index is 13.4. The molecule has 1 aliphatic heterocycles. The zero-order chi connectivity index (χ0) is 21.9. The lowest BCUT2D eigenvalue weighted by atomic mass is 10.3. The number of hydrogen-bond donors (Lipinski definition) is 0. The highest BCUT2D eigenvalue weighted by Gasteiger charge is 2.30. The minimum absolute atomic E-state index is 0.0254. The van der Waals surface area contributed by atoms with Crippen LogP contribution in [0.15, 0.2) is 41.3 Å². The highest BCUT2D eigenvalue weighted by atomic mass is 35.5. The molecule has 0 aliphatic carbocycles. The fourth-order valence-corrected chi connectivity index (χ4v) is 4.62. The van der Waals surface area contributed by atoms with Crippen molar-refractivity contribution in [2.45, 2.75) is 11.3 Å². The Hall–Kier alpha value is -2.30. The van der Waals surface area contributed by atoms with Gasteiger partial charge in [-0.2, -0.15) is 4.31 Å². The van der Waals surface area contributed by atoms with Gasteiger partial charge >= 0.3 is 0 Å². The Morgan fingerprint density at radius 1 is 1.00 bits per heavy atom. The van der Waals surface area contributed by atoms with Gasteiger partial charge in [0.25, 0.3) is 0 Å². The Morgan fingerprint density at radius 2 is 1.70 bits per heavy atom. The summed E-state index contributed by atoms with van der Waals surface area (Å²) in [6.07, 6.45) is 0.0314. The first kappa shape index (κ1) is 22.4. The normalized spacial score (nSPS) is 15.3. The summed E-state index contributed by atoms with van der Waals surface area (Å²) in [4.78, 5) is 13.5. The van der Waals surface area contributed by atoms with E-state index in [-0.39, 0.29) is 60.8 Å². The standard InChI is InChI=1S/C19H18ClF3N2O4S/c20-15-11-13(21)1-4-18(15)29-10-5-19(26)24-6-8-25(9-7-24)30(27,28)14-2-3-16(22)17(23)12-14/h1-4,11-12H,5-10H2. The molecule has 3 rings (SSSR count). The van der Waals surface area contributed by atoms with E-state index in [1.807, 2.05) is 0 Å². The van der Waals surface area contributed by atoms with Crippen LogP contribution in [0.4, 0.5) is 13.2 Å². The molecule has 1 fully saturated rings. The molecule has 0 aromatic heterocycles. The summed E-state index contributed by atoms with van der Waals surface area (Å²) in [5.74, 6) is -2.86. The number of amides is 1. The van der Waals surface area contributed by atoms with Crippen molar-refractivity contribution in [2.24, 2.45) is 0 Å². The van der Waals surface area contributed by atoms with Crippen molar-refractivity contribution in [3.05, 3.63) is 58.9 Å². The number of sulfonamides is 1. The van der Waals surface area contributed by atoms with Gasteiger partial charge in [0.05, 0.1) is 22.9 Å². The van der Waals surface area contributed by atoms with Gasteiger partial charge in [-0.15, -0.1) is 0 Å². The number of carbonyl (C=O) groups is 1. The molecule has 6 nitrogen and oxygen atoms in total. The molecular formula is C19H18ClF3N2O4S. The third kappa shape index (κ3) is 5.05. The number of benzene rings is 2. The first-order valence-corrected chi connectivity index (χ1v) is 10.8. The summed E-state index contributed by atoms with van der Waals surface area (Å²) in [7, 11) is -3.99.